The highest BCUT2D eigenvalue weighted by Gasteiger charge is 2.19. The van der Waals surface area contributed by atoms with E-state index >= 15 is 0 Å². The van der Waals surface area contributed by atoms with Gasteiger partial charge in [0.15, 0.2) is 0 Å². The minimum absolute atomic E-state index is 0.0576. The number of aliphatic hydroxyl groups excluding tert-OH is 1. The molecule has 1 N–H and O–H groups in total. The Labute approximate surface area is 135 Å². The molecule has 3 heteroatoms. The molecule has 0 aliphatic heterocycles. The van der Waals surface area contributed by atoms with E-state index in [1.807, 2.05) is 12.1 Å². The predicted molar refractivity (Wildman–Crippen MR) is 91.6 cm³/mol. The van der Waals surface area contributed by atoms with E-state index in [0.717, 1.165) is 5.75 Å². The Morgan fingerprint density at radius 3 is 2.32 bits per heavy atom. The van der Waals surface area contributed by atoms with Gasteiger partial charge in [-0.25, -0.2) is 0 Å². The van der Waals surface area contributed by atoms with Gasteiger partial charge in [-0.2, -0.15) is 0 Å². The lowest BCUT2D eigenvalue weighted by Gasteiger charge is -2.25. The van der Waals surface area contributed by atoms with Crippen molar-refractivity contribution in [2.24, 2.45) is 0 Å². The second kappa shape index (κ2) is 10.6. The molecule has 1 rings (SSSR count). The van der Waals surface area contributed by atoms with E-state index in [1.165, 1.54) is 37.7 Å². The maximum Gasteiger partial charge on any atom is 0.119 e. The Kier molecular flexibility index (Phi) is 9.17. The lowest BCUT2D eigenvalue weighted by Crippen LogP contribution is -2.17. The molecule has 0 radical (unpaired) electrons. The summed E-state index contributed by atoms with van der Waals surface area (Å²) in [6.07, 6.45) is 6.47. The monoisotopic (exact) mass is 308 g/mol. The van der Waals surface area contributed by atoms with Crippen LogP contribution in [0.3, 0.4) is 0 Å². The molecule has 0 spiro atoms. The van der Waals surface area contributed by atoms with Crippen LogP contribution in [0, 0.1) is 0 Å². The molecule has 0 saturated carbocycles. The van der Waals surface area contributed by atoms with Gasteiger partial charge in [0.2, 0.25) is 0 Å². The van der Waals surface area contributed by atoms with E-state index < -0.39 is 0 Å². The number of ether oxygens (including phenoxy) is 2. The zero-order valence-corrected chi connectivity index (χ0v) is 14.4. The largest absolute Gasteiger partial charge is 0.491 e. The third kappa shape index (κ3) is 7.28. The minimum atomic E-state index is 0.0576. The summed E-state index contributed by atoms with van der Waals surface area (Å²) < 4.78 is 10.8. The Morgan fingerprint density at radius 2 is 1.68 bits per heavy atom. The van der Waals surface area contributed by atoms with Crippen molar-refractivity contribution in [3.05, 3.63) is 29.8 Å². The fraction of sp³-hybridized carbons (Fsp3) is 0.684. The topological polar surface area (TPSA) is 38.7 Å². The van der Waals surface area contributed by atoms with Gasteiger partial charge in [-0.15, -0.1) is 0 Å². The van der Waals surface area contributed by atoms with Crippen molar-refractivity contribution in [3.63, 3.8) is 0 Å². The van der Waals surface area contributed by atoms with Crippen molar-refractivity contribution in [1.82, 2.24) is 0 Å². The molecule has 0 unspecified atom stereocenters. The molecule has 0 aromatic heterocycles. The van der Waals surface area contributed by atoms with Crippen LogP contribution in [-0.4, -0.2) is 31.5 Å². The molecule has 0 amide bonds. The van der Waals surface area contributed by atoms with Gasteiger partial charge in [0, 0.05) is 0 Å². The van der Waals surface area contributed by atoms with Crippen LogP contribution < -0.4 is 4.74 Å². The van der Waals surface area contributed by atoms with Crippen LogP contribution in [0.5, 0.6) is 5.75 Å². The molecule has 0 bridgehead atoms. The second-order valence-corrected chi connectivity index (χ2v) is 6.40. The number of benzene rings is 1. The summed E-state index contributed by atoms with van der Waals surface area (Å²) in [5.41, 5.74) is 1.59. The van der Waals surface area contributed by atoms with E-state index in [9.17, 15) is 0 Å². The minimum Gasteiger partial charge on any atom is -0.491 e. The van der Waals surface area contributed by atoms with Crippen molar-refractivity contribution in [2.75, 3.05) is 26.4 Å². The summed E-state index contributed by atoms with van der Waals surface area (Å²) in [4.78, 5) is 0. The van der Waals surface area contributed by atoms with E-state index in [-0.39, 0.29) is 12.0 Å². The maximum atomic E-state index is 8.61. The highest BCUT2D eigenvalue weighted by Crippen LogP contribution is 2.30. The van der Waals surface area contributed by atoms with Crippen LogP contribution in [0.25, 0.3) is 0 Å². The van der Waals surface area contributed by atoms with Crippen LogP contribution in [0.15, 0.2) is 24.3 Å². The quantitative estimate of drug-likeness (QED) is 0.584. The third-order valence-corrected chi connectivity index (χ3v) is 4.02. The molecule has 3 nitrogen and oxygen atoms in total. The second-order valence-electron chi connectivity index (χ2n) is 6.40. The van der Waals surface area contributed by atoms with Crippen LogP contribution in [0.2, 0.25) is 0 Å². The molecule has 0 aliphatic rings. The van der Waals surface area contributed by atoms with Crippen molar-refractivity contribution in [1.29, 1.82) is 0 Å². The summed E-state index contributed by atoms with van der Waals surface area (Å²) in [5, 5.41) is 8.61. The van der Waals surface area contributed by atoms with Crippen molar-refractivity contribution < 1.29 is 14.6 Å². The Balaban J connectivity index is 2.38. The standard InChI is InChI=1S/C19H32O3/c1-4-5-6-7-12-19(2,3)17-8-10-18(11-9-17)22-16-15-21-14-13-20/h8-11,20H,4-7,12-16H2,1-3H3. The SMILES string of the molecule is CCCCCCC(C)(C)c1ccc(OCCOCCO)cc1. The average Bonchev–Trinajstić information content (AvgIpc) is 2.52. The zero-order valence-electron chi connectivity index (χ0n) is 14.4. The molecule has 126 valence electrons. The number of rotatable bonds is 12. The van der Waals surface area contributed by atoms with Gasteiger partial charge in [0.25, 0.3) is 0 Å². The average molecular weight is 308 g/mol. The summed E-state index contributed by atoms with van der Waals surface area (Å²) in [6.45, 7) is 8.33. The van der Waals surface area contributed by atoms with Gasteiger partial charge in [-0.3, -0.25) is 0 Å². The maximum absolute atomic E-state index is 8.61. The molecule has 22 heavy (non-hydrogen) atoms. The van der Waals surface area contributed by atoms with Crippen molar-refractivity contribution in [3.8, 4) is 5.75 Å². The molecule has 1 aromatic carbocycles. The molecule has 0 heterocycles. The number of unbranched alkanes of at least 4 members (excludes halogenated alkanes) is 3. The van der Waals surface area contributed by atoms with Crippen LogP contribution >= 0.6 is 0 Å². The van der Waals surface area contributed by atoms with Gasteiger partial charge in [0.1, 0.15) is 12.4 Å². The molecule has 0 fully saturated rings. The molecule has 0 aliphatic carbocycles. The zero-order chi connectivity index (χ0) is 16.3. The van der Waals surface area contributed by atoms with E-state index in [2.05, 4.69) is 32.9 Å². The van der Waals surface area contributed by atoms with Gasteiger partial charge in [0.05, 0.1) is 19.8 Å². The first-order valence-electron chi connectivity index (χ1n) is 8.52. The number of hydrogen-bond donors (Lipinski definition) is 1. The Bertz CT molecular complexity index is 384. The summed E-state index contributed by atoms with van der Waals surface area (Å²) >= 11 is 0. The van der Waals surface area contributed by atoms with E-state index in [1.54, 1.807) is 0 Å². The number of aliphatic hydroxyl groups is 1. The highest BCUT2D eigenvalue weighted by molar-refractivity contribution is 5.31. The van der Waals surface area contributed by atoms with Gasteiger partial charge in [-0.1, -0.05) is 58.6 Å². The fourth-order valence-electron chi connectivity index (χ4n) is 2.53. The summed E-state index contributed by atoms with van der Waals surface area (Å²) in [7, 11) is 0. The summed E-state index contributed by atoms with van der Waals surface area (Å²) in [5.74, 6) is 0.873. The normalized spacial score (nSPS) is 11.6. The van der Waals surface area contributed by atoms with E-state index in [0.29, 0.717) is 19.8 Å². The van der Waals surface area contributed by atoms with Crippen molar-refractivity contribution >= 4 is 0 Å². The Morgan fingerprint density at radius 1 is 0.955 bits per heavy atom. The molecule has 0 saturated heterocycles. The van der Waals surface area contributed by atoms with Gasteiger partial charge in [-0.05, 0) is 29.5 Å². The van der Waals surface area contributed by atoms with Crippen LogP contribution in [0.1, 0.15) is 58.4 Å². The smallest absolute Gasteiger partial charge is 0.119 e. The highest BCUT2D eigenvalue weighted by atomic mass is 16.5. The molecule has 1 aromatic rings. The fourth-order valence-corrected chi connectivity index (χ4v) is 2.53. The predicted octanol–water partition coefficient (Wildman–Crippen LogP) is 4.32. The van der Waals surface area contributed by atoms with Crippen LogP contribution in [-0.2, 0) is 10.2 Å². The van der Waals surface area contributed by atoms with Gasteiger partial charge < -0.3 is 14.6 Å². The third-order valence-electron chi connectivity index (χ3n) is 4.02. The lowest BCUT2D eigenvalue weighted by atomic mass is 9.80. The molecular weight excluding hydrogens is 276 g/mol. The Hall–Kier alpha value is -1.06. The van der Waals surface area contributed by atoms with Gasteiger partial charge >= 0.3 is 0 Å². The first-order valence-corrected chi connectivity index (χ1v) is 8.52. The molecule has 0 atom stereocenters. The van der Waals surface area contributed by atoms with E-state index in [4.69, 9.17) is 14.6 Å². The summed E-state index contributed by atoms with van der Waals surface area (Å²) in [6, 6.07) is 8.41. The lowest BCUT2D eigenvalue weighted by molar-refractivity contribution is 0.0705. The van der Waals surface area contributed by atoms with Crippen molar-refractivity contribution in [2.45, 2.75) is 58.3 Å². The molecular formula is C19H32O3. The number of hydrogen-bond acceptors (Lipinski definition) is 3. The van der Waals surface area contributed by atoms with Crippen LogP contribution in [0.4, 0.5) is 0 Å². The first kappa shape index (κ1) is 19.0. The first-order chi connectivity index (χ1) is 10.6.